The molecule has 0 spiro atoms. The summed E-state index contributed by atoms with van der Waals surface area (Å²) in [4.78, 5) is 28.8. The van der Waals surface area contributed by atoms with Gasteiger partial charge < -0.3 is 14.5 Å². The van der Waals surface area contributed by atoms with E-state index in [9.17, 15) is 18.0 Å². The highest BCUT2D eigenvalue weighted by Gasteiger charge is 2.48. The molecule has 0 saturated carbocycles. The number of nitrogens with zero attached hydrogens (tertiary/aromatic N) is 5. The first-order chi connectivity index (χ1) is 15.6. The van der Waals surface area contributed by atoms with Gasteiger partial charge in [-0.3, -0.25) is 0 Å². The number of amides is 1. The van der Waals surface area contributed by atoms with Gasteiger partial charge in [0.2, 0.25) is 9.74 Å². The van der Waals surface area contributed by atoms with E-state index < -0.39 is 27.2 Å². The van der Waals surface area contributed by atoms with E-state index in [0.29, 0.717) is 19.5 Å². The summed E-state index contributed by atoms with van der Waals surface area (Å²) in [6.07, 6.45) is -4.28. The Morgan fingerprint density at radius 2 is 1.76 bits per heavy atom. The number of carbonyl (C=O) groups excluding carboxylic acids is 1. The van der Waals surface area contributed by atoms with Gasteiger partial charge in [-0.05, 0) is 39.3 Å². The van der Waals surface area contributed by atoms with Crippen LogP contribution in [0.15, 0.2) is 24.3 Å². The van der Waals surface area contributed by atoms with E-state index in [4.69, 9.17) is 39.5 Å². The maximum absolute atomic E-state index is 13.2. The summed E-state index contributed by atoms with van der Waals surface area (Å²) in [7, 11) is 0. The second-order valence-electron chi connectivity index (χ2n) is 9.19. The number of benzene rings is 1. The van der Waals surface area contributed by atoms with Crippen molar-refractivity contribution in [3.05, 3.63) is 35.7 Å². The number of ether oxygens (including phenoxy) is 1. The molecule has 3 heterocycles. The SMILES string of the molecule is CC(C)(C)OC(=O)N1CC2CC1CN2c1nc(-c2cccc(C(F)(F)F)c2)nc(C(Cl)(Cl)Cl)n1. The molecule has 2 atom stereocenters. The highest BCUT2D eigenvalue weighted by molar-refractivity contribution is 6.66. The zero-order valence-corrected chi connectivity index (χ0v) is 20.7. The number of likely N-dealkylation sites (tertiary alicyclic amines) is 1. The van der Waals surface area contributed by atoms with Crippen molar-refractivity contribution >= 4 is 46.8 Å². The van der Waals surface area contributed by atoms with Gasteiger partial charge in [-0.1, -0.05) is 46.9 Å². The molecule has 2 saturated heterocycles. The van der Waals surface area contributed by atoms with Gasteiger partial charge in [0.25, 0.3) is 0 Å². The highest BCUT2D eigenvalue weighted by atomic mass is 35.6. The number of piperazine rings is 1. The number of hydrogen-bond donors (Lipinski definition) is 0. The van der Waals surface area contributed by atoms with Gasteiger partial charge in [0.15, 0.2) is 11.6 Å². The summed E-state index contributed by atoms with van der Waals surface area (Å²) >= 11 is 18.0. The Kier molecular flexibility index (Phi) is 6.31. The Balaban J connectivity index is 1.65. The van der Waals surface area contributed by atoms with Crippen LogP contribution in [0, 0.1) is 0 Å². The number of aromatic nitrogens is 3. The van der Waals surface area contributed by atoms with Gasteiger partial charge in [0.1, 0.15) is 5.60 Å². The largest absolute Gasteiger partial charge is 0.444 e. The van der Waals surface area contributed by atoms with Crippen molar-refractivity contribution in [3.8, 4) is 11.4 Å². The van der Waals surface area contributed by atoms with Crippen molar-refractivity contribution in [1.82, 2.24) is 19.9 Å². The lowest BCUT2D eigenvalue weighted by molar-refractivity contribution is -0.137. The van der Waals surface area contributed by atoms with Gasteiger partial charge in [0.05, 0.1) is 17.6 Å². The Labute approximate surface area is 209 Å². The van der Waals surface area contributed by atoms with Crippen LogP contribution in [-0.4, -0.2) is 56.7 Å². The molecule has 184 valence electrons. The normalized spacial score (nSPS) is 20.7. The summed E-state index contributed by atoms with van der Waals surface area (Å²) in [6, 6.07) is 4.32. The molecule has 1 aromatic carbocycles. The fourth-order valence-electron chi connectivity index (χ4n) is 4.04. The lowest BCUT2D eigenvalue weighted by atomic mass is 10.1. The fourth-order valence-corrected chi connectivity index (χ4v) is 4.29. The van der Waals surface area contributed by atoms with Crippen LogP contribution in [0.4, 0.5) is 23.9 Å². The van der Waals surface area contributed by atoms with Crippen LogP contribution in [0.25, 0.3) is 11.4 Å². The van der Waals surface area contributed by atoms with Crippen LogP contribution in [-0.2, 0) is 14.7 Å². The number of fused-ring (bicyclic) bond motifs is 2. The van der Waals surface area contributed by atoms with Gasteiger partial charge in [-0.15, -0.1) is 0 Å². The Morgan fingerprint density at radius 1 is 1.06 bits per heavy atom. The molecule has 13 heteroatoms. The second kappa shape index (κ2) is 8.57. The van der Waals surface area contributed by atoms with Crippen LogP contribution >= 0.6 is 34.8 Å². The maximum atomic E-state index is 13.2. The summed E-state index contributed by atoms with van der Waals surface area (Å²) in [5.41, 5.74) is -1.37. The molecule has 1 amide bonds. The Hall–Kier alpha value is -2.04. The molecular weight excluding hydrogens is 518 g/mol. The average Bonchev–Trinajstić information content (AvgIpc) is 3.32. The fraction of sp³-hybridized carbons (Fsp3) is 0.524. The maximum Gasteiger partial charge on any atom is 0.416 e. The van der Waals surface area contributed by atoms with Gasteiger partial charge in [-0.2, -0.15) is 23.1 Å². The average molecular weight is 539 g/mol. The monoisotopic (exact) mass is 537 g/mol. The standard InChI is InChI=1S/C21H21Cl3F3N5O2/c1-19(2,3)34-18(33)32-10-13-8-14(32)9-31(13)17-29-15(28-16(30-17)20(22,23)24)11-5-4-6-12(7-11)21(25,26)27/h4-7,13-14H,8-10H2,1-3H3. The zero-order chi connectivity index (χ0) is 25.1. The van der Waals surface area contributed by atoms with Crippen LogP contribution in [0.2, 0.25) is 0 Å². The van der Waals surface area contributed by atoms with E-state index in [0.717, 1.165) is 12.1 Å². The summed E-state index contributed by atoms with van der Waals surface area (Å²) in [5.74, 6) is -0.0917. The Bertz CT molecular complexity index is 1100. The molecule has 2 aliphatic heterocycles. The molecule has 2 fully saturated rings. The number of rotatable bonds is 2. The van der Waals surface area contributed by atoms with E-state index in [1.165, 1.54) is 12.1 Å². The lowest BCUT2D eigenvalue weighted by Gasteiger charge is -2.35. The minimum absolute atomic E-state index is 0.0517. The quantitative estimate of drug-likeness (QED) is 0.465. The predicted octanol–water partition coefficient (Wildman–Crippen LogP) is 5.58. The predicted molar refractivity (Wildman–Crippen MR) is 122 cm³/mol. The molecule has 2 aromatic rings. The van der Waals surface area contributed by atoms with Crippen molar-refractivity contribution in [2.45, 2.75) is 54.8 Å². The molecule has 0 radical (unpaired) electrons. The third-order valence-electron chi connectivity index (χ3n) is 5.45. The first-order valence-corrected chi connectivity index (χ1v) is 11.5. The lowest BCUT2D eigenvalue weighted by Crippen LogP contribution is -2.50. The molecule has 2 aliphatic rings. The van der Waals surface area contributed by atoms with Crippen molar-refractivity contribution < 1.29 is 22.7 Å². The number of carbonyl (C=O) groups is 1. The summed E-state index contributed by atoms with van der Waals surface area (Å²) < 4.78 is 43.1. The molecular formula is C21H21Cl3F3N5O2. The van der Waals surface area contributed by atoms with Crippen molar-refractivity contribution in [1.29, 1.82) is 0 Å². The molecule has 1 aromatic heterocycles. The number of hydrogen-bond acceptors (Lipinski definition) is 6. The van der Waals surface area contributed by atoms with E-state index in [2.05, 4.69) is 15.0 Å². The van der Waals surface area contributed by atoms with Crippen molar-refractivity contribution in [3.63, 3.8) is 0 Å². The van der Waals surface area contributed by atoms with Gasteiger partial charge in [0, 0.05) is 18.7 Å². The van der Waals surface area contributed by atoms with Crippen LogP contribution in [0.1, 0.15) is 38.6 Å². The third kappa shape index (κ3) is 5.28. The molecule has 4 rings (SSSR count). The van der Waals surface area contributed by atoms with Crippen LogP contribution in [0.3, 0.4) is 0 Å². The molecule has 2 bridgehead atoms. The second-order valence-corrected chi connectivity index (χ2v) is 11.5. The molecule has 0 N–H and O–H groups in total. The van der Waals surface area contributed by atoms with Crippen molar-refractivity contribution in [2.75, 3.05) is 18.0 Å². The smallest absolute Gasteiger partial charge is 0.416 e. The van der Waals surface area contributed by atoms with E-state index in [1.54, 1.807) is 25.7 Å². The number of anilines is 1. The van der Waals surface area contributed by atoms with Gasteiger partial charge in [-0.25, -0.2) is 9.78 Å². The number of alkyl halides is 6. The Morgan fingerprint density at radius 3 is 2.32 bits per heavy atom. The third-order valence-corrected chi connectivity index (χ3v) is 5.96. The van der Waals surface area contributed by atoms with E-state index >= 15 is 0 Å². The first-order valence-electron chi connectivity index (χ1n) is 10.4. The molecule has 7 nitrogen and oxygen atoms in total. The van der Waals surface area contributed by atoms with Gasteiger partial charge >= 0.3 is 12.3 Å². The topological polar surface area (TPSA) is 71.5 Å². The summed E-state index contributed by atoms with van der Waals surface area (Å²) in [6.45, 7) is 6.17. The molecule has 34 heavy (non-hydrogen) atoms. The first kappa shape index (κ1) is 25.1. The summed E-state index contributed by atoms with van der Waals surface area (Å²) in [5, 5.41) is 0. The van der Waals surface area contributed by atoms with Crippen LogP contribution < -0.4 is 4.90 Å². The van der Waals surface area contributed by atoms with E-state index in [-0.39, 0.29) is 35.2 Å². The zero-order valence-electron chi connectivity index (χ0n) is 18.4. The minimum Gasteiger partial charge on any atom is -0.444 e. The van der Waals surface area contributed by atoms with Crippen LogP contribution in [0.5, 0.6) is 0 Å². The van der Waals surface area contributed by atoms with Crippen molar-refractivity contribution in [2.24, 2.45) is 0 Å². The van der Waals surface area contributed by atoms with E-state index in [1.807, 2.05) is 4.90 Å². The molecule has 0 aliphatic carbocycles. The number of halogens is 6. The minimum atomic E-state index is -4.54. The molecule has 2 unspecified atom stereocenters. The highest BCUT2D eigenvalue weighted by Crippen LogP contribution is 2.40.